The van der Waals surface area contributed by atoms with Gasteiger partial charge < -0.3 is 34.7 Å². The van der Waals surface area contributed by atoms with Gasteiger partial charge in [0.15, 0.2) is 5.60 Å². The maximum atomic E-state index is 14.7. The van der Waals surface area contributed by atoms with Crippen LogP contribution in [0.2, 0.25) is 5.02 Å². The lowest BCUT2D eigenvalue weighted by Gasteiger charge is -2.36. The van der Waals surface area contributed by atoms with Crippen molar-refractivity contribution >= 4 is 46.7 Å². The van der Waals surface area contributed by atoms with Gasteiger partial charge in [-0.25, -0.2) is 0 Å². The first-order valence-electron chi connectivity index (χ1n) is 18.6. The predicted octanol–water partition coefficient (Wildman–Crippen LogP) is 4.41. The summed E-state index contributed by atoms with van der Waals surface area (Å²) in [6, 6.07) is 0.264. The van der Waals surface area contributed by atoms with Gasteiger partial charge in [-0.15, -0.1) is 0 Å². The smallest absolute Gasteiger partial charge is 0.292 e. The Balaban J connectivity index is 1.42. The summed E-state index contributed by atoms with van der Waals surface area (Å²) in [7, 11) is 3.02. The van der Waals surface area contributed by atoms with E-state index in [4.69, 9.17) is 25.9 Å². The van der Waals surface area contributed by atoms with E-state index in [1.165, 1.54) is 30.4 Å². The van der Waals surface area contributed by atoms with E-state index in [9.17, 15) is 24.0 Å². The number of Topliss-reactive ketones (excluding diaryl/α,β-unsaturated/α-hetero) is 1. The number of carbonyl (C=O) groups is 5. The number of ketones is 1. The Labute approximate surface area is 311 Å². The fraction of sp³-hybridized carbons (Fsp3) is 0.684. The Morgan fingerprint density at radius 2 is 1.71 bits per heavy atom. The molecule has 1 aliphatic carbocycles. The molecule has 0 unspecified atom stereocenters. The fourth-order valence-corrected chi connectivity index (χ4v) is 7.94. The summed E-state index contributed by atoms with van der Waals surface area (Å²) < 4.78 is 11.0. The zero-order valence-corrected chi connectivity index (χ0v) is 32.1. The van der Waals surface area contributed by atoms with E-state index in [2.05, 4.69) is 15.8 Å². The number of likely N-dealkylation sites (tertiary alicyclic amines) is 2. The minimum absolute atomic E-state index is 0.00665. The Kier molecular flexibility index (Phi) is 12.4. The molecule has 13 nitrogen and oxygen atoms in total. The van der Waals surface area contributed by atoms with E-state index < -0.39 is 52.6 Å². The quantitative estimate of drug-likeness (QED) is 0.282. The van der Waals surface area contributed by atoms with Gasteiger partial charge in [0.1, 0.15) is 23.6 Å². The van der Waals surface area contributed by atoms with Gasteiger partial charge in [0.05, 0.1) is 37.5 Å². The lowest BCUT2D eigenvalue weighted by Crippen LogP contribution is -2.59. The number of hydrogen-bond acceptors (Lipinski definition) is 9. The van der Waals surface area contributed by atoms with Crippen LogP contribution in [0.3, 0.4) is 0 Å². The molecule has 0 aromatic heterocycles. The largest absolute Gasteiger partial charge is 0.496 e. The van der Waals surface area contributed by atoms with Gasteiger partial charge in [-0.1, -0.05) is 70.1 Å². The summed E-state index contributed by atoms with van der Waals surface area (Å²) in [5.41, 5.74) is -0.707. The van der Waals surface area contributed by atoms with Crippen LogP contribution in [0.25, 0.3) is 0 Å². The molecule has 3 heterocycles. The van der Waals surface area contributed by atoms with Gasteiger partial charge in [-0.3, -0.25) is 24.0 Å². The molecule has 4 atom stereocenters. The summed E-state index contributed by atoms with van der Waals surface area (Å²) in [6.45, 7) is 8.51. The lowest BCUT2D eigenvalue weighted by molar-refractivity contribution is -0.149. The SMILES string of the molecule is CCC[C@H](NC(=O)[C@@H]1C[C@]2(CC(c3cc(Cl)c(OC)cc3OC)=NO2)CN1C(=O)[C@@H](NC(=O)CC1CCCCC1)C(C)(C)C)C(=O)C(=O)N1CCC1. The second kappa shape index (κ2) is 16.4. The standard InChI is InChI=1S/C38H54ClN5O8/c1-7-12-26(32(46)35(48)43-15-11-16-43)40-34(47)28-21-38(20-27(42-52-38)24-18-25(39)30(51-6)19-29(24)50-5)22-44(28)36(49)33(37(2,3)4)41-31(45)17-23-13-9-8-10-14-23/h18-19,23,26,28,33H,7-17,20-22H2,1-6H3,(H,40,47)(H,41,45)/t26-,28-,33+,38+/m0/s1. The monoisotopic (exact) mass is 743 g/mol. The van der Waals surface area contributed by atoms with Crippen molar-refractivity contribution < 1.29 is 38.3 Å². The van der Waals surface area contributed by atoms with Crippen molar-refractivity contribution in [2.45, 2.75) is 122 Å². The van der Waals surface area contributed by atoms with Crippen molar-refractivity contribution in [3.63, 3.8) is 0 Å². The molecule has 3 fully saturated rings. The zero-order chi connectivity index (χ0) is 37.8. The number of carbonyl (C=O) groups excluding carboxylic acids is 5. The third-order valence-electron chi connectivity index (χ3n) is 10.8. The van der Waals surface area contributed by atoms with Crippen LogP contribution < -0.4 is 20.1 Å². The van der Waals surface area contributed by atoms with Crippen LogP contribution in [0.15, 0.2) is 17.3 Å². The van der Waals surface area contributed by atoms with Crippen molar-refractivity contribution in [3.8, 4) is 11.5 Å². The summed E-state index contributed by atoms with van der Waals surface area (Å²) >= 11 is 6.48. The number of rotatable bonds is 13. The van der Waals surface area contributed by atoms with Gasteiger partial charge in [-0.05, 0) is 43.1 Å². The number of halogens is 1. The first-order valence-corrected chi connectivity index (χ1v) is 19.0. The minimum Gasteiger partial charge on any atom is -0.496 e. The number of nitrogens with zero attached hydrogens (tertiary/aromatic N) is 3. The van der Waals surface area contributed by atoms with Gasteiger partial charge in [0, 0.05) is 44.0 Å². The molecule has 0 bridgehead atoms. The summed E-state index contributed by atoms with van der Waals surface area (Å²) in [4.78, 5) is 77.7. The summed E-state index contributed by atoms with van der Waals surface area (Å²) in [6.07, 6.45) is 7.59. The van der Waals surface area contributed by atoms with Gasteiger partial charge >= 0.3 is 0 Å². The molecule has 0 radical (unpaired) electrons. The molecule has 1 aromatic rings. The molecule has 1 aromatic carbocycles. The van der Waals surface area contributed by atoms with Crippen LogP contribution in [-0.4, -0.2) is 103 Å². The second-order valence-electron chi connectivity index (χ2n) is 15.8. The molecule has 2 N–H and O–H groups in total. The summed E-state index contributed by atoms with van der Waals surface area (Å²) in [5.74, 6) is -1.32. The molecular weight excluding hydrogens is 690 g/mol. The number of amides is 4. The van der Waals surface area contributed by atoms with Crippen LogP contribution in [0, 0.1) is 11.3 Å². The highest BCUT2D eigenvalue weighted by atomic mass is 35.5. The molecule has 14 heteroatoms. The van der Waals surface area contributed by atoms with E-state index in [0.717, 1.165) is 32.1 Å². The Morgan fingerprint density at radius 1 is 1.02 bits per heavy atom. The number of hydrogen-bond donors (Lipinski definition) is 2. The van der Waals surface area contributed by atoms with Crippen molar-refractivity contribution in [1.82, 2.24) is 20.4 Å². The van der Waals surface area contributed by atoms with E-state index in [0.29, 0.717) is 53.7 Å². The first-order chi connectivity index (χ1) is 24.7. The third-order valence-corrected chi connectivity index (χ3v) is 11.1. The Hall–Kier alpha value is -3.87. The molecule has 4 aliphatic rings. The maximum Gasteiger partial charge on any atom is 0.292 e. The highest BCUT2D eigenvalue weighted by Gasteiger charge is 2.56. The van der Waals surface area contributed by atoms with Crippen LogP contribution in [0.1, 0.15) is 104 Å². The van der Waals surface area contributed by atoms with Crippen LogP contribution in [-0.2, 0) is 28.8 Å². The highest BCUT2D eigenvalue weighted by Crippen LogP contribution is 2.42. The number of ether oxygens (including phenoxy) is 2. The fourth-order valence-electron chi connectivity index (χ4n) is 7.70. The molecule has 1 saturated carbocycles. The molecule has 4 amide bonds. The zero-order valence-electron chi connectivity index (χ0n) is 31.3. The maximum absolute atomic E-state index is 14.7. The normalized spacial score (nSPS) is 22.9. The number of methoxy groups -OCH3 is 2. The van der Waals surface area contributed by atoms with E-state index in [1.807, 2.05) is 27.7 Å². The van der Waals surface area contributed by atoms with Crippen molar-refractivity contribution in [2.24, 2.45) is 16.5 Å². The van der Waals surface area contributed by atoms with Crippen LogP contribution in [0.5, 0.6) is 11.5 Å². The van der Waals surface area contributed by atoms with Gasteiger partial charge in [0.2, 0.25) is 23.5 Å². The van der Waals surface area contributed by atoms with Crippen molar-refractivity contribution in [1.29, 1.82) is 0 Å². The van der Waals surface area contributed by atoms with Gasteiger partial charge in [-0.2, -0.15) is 0 Å². The van der Waals surface area contributed by atoms with E-state index in [1.54, 1.807) is 12.1 Å². The number of oxime groups is 1. The minimum atomic E-state index is -1.10. The molecule has 3 aliphatic heterocycles. The molecule has 2 saturated heterocycles. The average Bonchev–Trinajstić information content (AvgIpc) is 3.68. The topological polar surface area (TPSA) is 156 Å². The lowest BCUT2D eigenvalue weighted by atomic mass is 9.84. The Morgan fingerprint density at radius 3 is 2.31 bits per heavy atom. The summed E-state index contributed by atoms with van der Waals surface area (Å²) in [5, 5.41) is 10.6. The van der Waals surface area contributed by atoms with E-state index >= 15 is 0 Å². The predicted molar refractivity (Wildman–Crippen MR) is 195 cm³/mol. The molecular formula is C38H54ClN5O8. The second-order valence-corrected chi connectivity index (χ2v) is 16.2. The number of nitrogens with one attached hydrogen (secondary N) is 2. The highest BCUT2D eigenvalue weighted by molar-refractivity contribution is 6.38. The average molecular weight is 744 g/mol. The molecule has 1 spiro atoms. The molecule has 52 heavy (non-hydrogen) atoms. The van der Waals surface area contributed by atoms with Crippen LogP contribution >= 0.6 is 11.6 Å². The molecule has 286 valence electrons. The van der Waals surface area contributed by atoms with Crippen LogP contribution in [0.4, 0.5) is 0 Å². The first kappa shape index (κ1) is 39.3. The third kappa shape index (κ3) is 8.66. The van der Waals surface area contributed by atoms with Crippen molar-refractivity contribution in [3.05, 3.63) is 22.7 Å². The van der Waals surface area contributed by atoms with E-state index in [-0.39, 0.29) is 37.6 Å². The number of benzene rings is 1. The van der Waals surface area contributed by atoms with Gasteiger partial charge in [0.25, 0.3) is 5.91 Å². The Bertz CT molecular complexity index is 1570. The molecule has 5 rings (SSSR count). The van der Waals surface area contributed by atoms with Crippen molar-refractivity contribution in [2.75, 3.05) is 33.9 Å².